The number of methoxy groups -OCH3 is 1. The summed E-state index contributed by atoms with van der Waals surface area (Å²) in [5.41, 5.74) is 0.677. The lowest BCUT2D eigenvalue weighted by Gasteiger charge is -2.21. The predicted octanol–water partition coefficient (Wildman–Crippen LogP) is 3.64. The molecule has 1 aliphatic heterocycles. The SMILES string of the molecule is COc1cc(F)c([C@@H]2Cn3c(C)nnc3[C@H]2NC(=O)OCc2ccccc2)c(F)c1. The molecule has 2 atom stereocenters. The van der Waals surface area contributed by atoms with Crippen molar-refractivity contribution < 1.29 is 23.0 Å². The Hall–Kier alpha value is -3.49. The first kappa shape index (κ1) is 19.8. The molecule has 0 unspecified atom stereocenters. The molecule has 0 saturated heterocycles. The van der Waals surface area contributed by atoms with Crippen LogP contribution in [0.3, 0.4) is 0 Å². The third-order valence-electron chi connectivity index (χ3n) is 5.17. The number of benzene rings is 2. The minimum Gasteiger partial charge on any atom is -0.497 e. The molecule has 1 aliphatic rings. The van der Waals surface area contributed by atoms with E-state index in [4.69, 9.17) is 9.47 Å². The smallest absolute Gasteiger partial charge is 0.408 e. The third kappa shape index (κ3) is 3.70. The van der Waals surface area contributed by atoms with E-state index in [0.29, 0.717) is 11.6 Å². The van der Waals surface area contributed by atoms with Gasteiger partial charge in [-0.05, 0) is 12.5 Å². The van der Waals surface area contributed by atoms with Crippen molar-refractivity contribution in [3.05, 3.63) is 76.9 Å². The van der Waals surface area contributed by atoms with Gasteiger partial charge in [0.15, 0.2) is 5.82 Å². The molecule has 1 amide bonds. The summed E-state index contributed by atoms with van der Waals surface area (Å²) in [6.45, 7) is 2.03. The summed E-state index contributed by atoms with van der Waals surface area (Å²) in [6.07, 6.45) is -0.711. The summed E-state index contributed by atoms with van der Waals surface area (Å²) in [5, 5.41) is 10.8. The van der Waals surface area contributed by atoms with Gasteiger partial charge in [0, 0.05) is 30.2 Å². The highest BCUT2D eigenvalue weighted by molar-refractivity contribution is 5.68. The zero-order valence-corrected chi connectivity index (χ0v) is 16.4. The van der Waals surface area contributed by atoms with Crippen LogP contribution in [0.5, 0.6) is 5.75 Å². The number of hydrogen-bond donors (Lipinski definition) is 1. The molecule has 3 aromatic rings. The van der Waals surface area contributed by atoms with Crippen molar-refractivity contribution in [1.29, 1.82) is 0 Å². The molecule has 9 heteroatoms. The van der Waals surface area contributed by atoms with Crippen molar-refractivity contribution in [1.82, 2.24) is 20.1 Å². The normalized spacial score (nSPS) is 17.5. The van der Waals surface area contributed by atoms with E-state index in [9.17, 15) is 13.6 Å². The van der Waals surface area contributed by atoms with Crippen LogP contribution in [0, 0.1) is 18.6 Å². The van der Waals surface area contributed by atoms with E-state index in [2.05, 4.69) is 15.5 Å². The number of hydrogen-bond acceptors (Lipinski definition) is 5. The molecule has 1 aromatic heterocycles. The highest BCUT2D eigenvalue weighted by Crippen LogP contribution is 2.41. The topological polar surface area (TPSA) is 78.3 Å². The molecule has 30 heavy (non-hydrogen) atoms. The lowest BCUT2D eigenvalue weighted by molar-refractivity contribution is 0.134. The number of nitrogens with zero attached hydrogens (tertiary/aromatic N) is 3. The fraction of sp³-hybridized carbons (Fsp3) is 0.286. The maximum Gasteiger partial charge on any atom is 0.408 e. The lowest BCUT2D eigenvalue weighted by Crippen LogP contribution is -2.32. The number of rotatable bonds is 5. The van der Waals surface area contributed by atoms with Crippen LogP contribution in [-0.4, -0.2) is 28.0 Å². The molecule has 0 bridgehead atoms. The number of halogens is 2. The Kier molecular flexibility index (Phi) is 5.35. The maximum absolute atomic E-state index is 14.8. The first-order chi connectivity index (χ1) is 14.5. The first-order valence-corrected chi connectivity index (χ1v) is 9.37. The molecule has 7 nitrogen and oxygen atoms in total. The minimum absolute atomic E-state index is 0.0705. The van der Waals surface area contributed by atoms with Crippen molar-refractivity contribution >= 4 is 6.09 Å². The van der Waals surface area contributed by atoms with Crippen LogP contribution in [-0.2, 0) is 17.9 Å². The van der Waals surface area contributed by atoms with E-state index in [1.165, 1.54) is 7.11 Å². The molecule has 2 aromatic carbocycles. The van der Waals surface area contributed by atoms with Gasteiger partial charge in [-0.25, -0.2) is 13.6 Å². The van der Waals surface area contributed by atoms with Crippen molar-refractivity contribution in [2.45, 2.75) is 32.0 Å². The van der Waals surface area contributed by atoms with Gasteiger partial charge >= 0.3 is 6.09 Å². The maximum atomic E-state index is 14.8. The Morgan fingerprint density at radius 3 is 2.57 bits per heavy atom. The molecule has 0 radical (unpaired) electrons. The predicted molar refractivity (Wildman–Crippen MR) is 103 cm³/mol. The second kappa shape index (κ2) is 8.10. The molecule has 0 spiro atoms. The number of nitrogens with one attached hydrogen (secondary N) is 1. The number of aromatic nitrogens is 3. The highest BCUT2D eigenvalue weighted by Gasteiger charge is 2.41. The van der Waals surface area contributed by atoms with Crippen LogP contribution < -0.4 is 10.1 Å². The van der Waals surface area contributed by atoms with E-state index in [1.54, 1.807) is 11.5 Å². The van der Waals surface area contributed by atoms with Crippen molar-refractivity contribution in [3.8, 4) is 5.75 Å². The summed E-state index contributed by atoms with van der Waals surface area (Å²) in [6, 6.07) is 10.6. The number of aryl methyl sites for hydroxylation is 1. The fourth-order valence-corrected chi connectivity index (χ4v) is 3.68. The van der Waals surface area contributed by atoms with Gasteiger partial charge in [-0.3, -0.25) is 0 Å². The molecule has 0 aliphatic carbocycles. The van der Waals surface area contributed by atoms with Crippen LogP contribution in [0.2, 0.25) is 0 Å². The molecular formula is C21H20F2N4O3. The zero-order chi connectivity index (χ0) is 21.3. The quantitative estimate of drug-likeness (QED) is 0.690. The number of carbonyl (C=O) groups excluding carboxylic acids is 1. The standard InChI is InChI=1S/C21H20F2N4O3/c1-12-25-26-20-19(24-21(28)30-11-13-6-4-3-5-7-13)15(10-27(12)20)18-16(22)8-14(29-2)9-17(18)23/h3-9,15,19H,10-11H2,1-2H3,(H,24,28)/t15-,19-/m0/s1. The van der Waals surface area contributed by atoms with Crippen LogP contribution in [0.15, 0.2) is 42.5 Å². The number of fused-ring (bicyclic) bond motifs is 1. The Labute approximate surface area is 171 Å². The van der Waals surface area contributed by atoms with Crippen molar-refractivity contribution in [2.75, 3.05) is 7.11 Å². The molecule has 2 heterocycles. The average molecular weight is 414 g/mol. The number of ether oxygens (including phenoxy) is 2. The summed E-state index contributed by atoms with van der Waals surface area (Å²) in [7, 11) is 1.33. The molecule has 156 valence electrons. The Morgan fingerprint density at radius 2 is 1.90 bits per heavy atom. The van der Waals surface area contributed by atoms with Gasteiger partial charge in [-0.1, -0.05) is 30.3 Å². The van der Waals surface area contributed by atoms with Gasteiger partial charge < -0.3 is 19.4 Å². The van der Waals surface area contributed by atoms with Gasteiger partial charge in [-0.15, -0.1) is 10.2 Å². The number of amides is 1. The van der Waals surface area contributed by atoms with Gasteiger partial charge in [0.05, 0.1) is 7.11 Å². The molecule has 0 saturated carbocycles. The number of carbonyl (C=O) groups is 1. The van der Waals surface area contributed by atoms with E-state index < -0.39 is 29.7 Å². The molecule has 4 rings (SSSR count). The van der Waals surface area contributed by atoms with E-state index in [0.717, 1.165) is 17.7 Å². The van der Waals surface area contributed by atoms with Crippen LogP contribution in [0.4, 0.5) is 13.6 Å². The van der Waals surface area contributed by atoms with Gasteiger partial charge in [0.25, 0.3) is 0 Å². The van der Waals surface area contributed by atoms with Crippen LogP contribution in [0.25, 0.3) is 0 Å². The second-order valence-electron chi connectivity index (χ2n) is 7.01. The minimum atomic E-state index is -0.799. The fourth-order valence-electron chi connectivity index (χ4n) is 3.68. The van der Waals surface area contributed by atoms with E-state index in [1.807, 2.05) is 30.3 Å². The second-order valence-corrected chi connectivity index (χ2v) is 7.01. The van der Waals surface area contributed by atoms with Crippen LogP contribution in [0.1, 0.15) is 34.7 Å². The van der Waals surface area contributed by atoms with Crippen molar-refractivity contribution in [3.63, 3.8) is 0 Å². The Bertz CT molecular complexity index is 1050. The third-order valence-corrected chi connectivity index (χ3v) is 5.17. The summed E-state index contributed by atoms with van der Waals surface area (Å²) >= 11 is 0. The monoisotopic (exact) mass is 414 g/mol. The zero-order valence-electron chi connectivity index (χ0n) is 16.4. The lowest BCUT2D eigenvalue weighted by atomic mass is 9.92. The summed E-state index contributed by atoms with van der Waals surface area (Å²) in [5.74, 6) is -1.14. The summed E-state index contributed by atoms with van der Waals surface area (Å²) < 4.78 is 41.4. The summed E-state index contributed by atoms with van der Waals surface area (Å²) in [4.78, 5) is 12.4. The highest BCUT2D eigenvalue weighted by atomic mass is 19.1. The largest absolute Gasteiger partial charge is 0.497 e. The first-order valence-electron chi connectivity index (χ1n) is 9.37. The number of alkyl carbamates (subject to hydrolysis) is 1. The van der Waals surface area contributed by atoms with Crippen LogP contribution >= 0.6 is 0 Å². The van der Waals surface area contributed by atoms with Gasteiger partial charge in [0.1, 0.15) is 35.9 Å². The van der Waals surface area contributed by atoms with Crippen molar-refractivity contribution in [2.24, 2.45) is 0 Å². The average Bonchev–Trinajstić information content (AvgIpc) is 3.27. The van der Waals surface area contributed by atoms with Gasteiger partial charge in [-0.2, -0.15) is 0 Å². The molecular weight excluding hydrogens is 394 g/mol. The Balaban J connectivity index is 1.59. The molecule has 1 N–H and O–H groups in total. The van der Waals surface area contributed by atoms with E-state index in [-0.39, 0.29) is 24.5 Å². The van der Waals surface area contributed by atoms with Gasteiger partial charge in [0.2, 0.25) is 0 Å². The molecule has 0 fully saturated rings. The van der Waals surface area contributed by atoms with E-state index >= 15 is 0 Å². The Morgan fingerprint density at radius 1 is 1.20 bits per heavy atom.